The van der Waals surface area contributed by atoms with Gasteiger partial charge in [-0.3, -0.25) is 14.5 Å². The number of nitrogens with one attached hydrogen (secondary N) is 1. The lowest BCUT2D eigenvalue weighted by Crippen LogP contribution is -2.60. The van der Waals surface area contributed by atoms with E-state index >= 15 is 0 Å². The first-order valence-electron chi connectivity index (χ1n) is 10.9. The van der Waals surface area contributed by atoms with Gasteiger partial charge in [0.05, 0.1) is 0 Å². The van der Waals surface area contributed by atoms with Crippen molar-refractivity contribution < 1.29 is 9.59 Å². The van der Waals surface area contributed by atoms with Gasteiger partial charge in [-0.05, 0) is 42.0 Å². The van der Waals surface area contributed by atoms with Gasteiger partial charge in [0.1, 0.15) is 5.54 Å². The Bertz CT molecular complexity index is 1210. The van der Waals surface area contributed by atoms with E-state index in [0.29, 0.717) is 48.2 Å². The zero-order valence-electron chi connectivity index (χ0n) is 17.9. The number of hydrogen-bond donors (Lipinski definition) is 1. The van der Waals surface area contributed by atoms with E-state index in [1.807, 2.05) is 71.6 Å². The maximum atomic E-state index is 13.6. The van der Waals surface area contributed by atoms with Gasteiger partial charge in [0, 0.05) is 59.5 Å². The molecular weight excluding hydrogens is 457 g/mol. The van der Waals surface area contributed by atoms with E-state index in [2.05, 4.69) is 10.2 Å². The van der Waals surface area contributed by atoms with Gasteiger partial charge in [-0.15, -0.1) is 0 Å². The molecule has 3 aromatic rings. The highest BCUT2D eigenvalue weighted by Crippen LogP contribution is 2.44. The van der Waals surface area contributed by atoms with Crippen molar-refractivity contribution in [3.63, 3.8) is 0 Å². The van der Waals surface area contributed by atoms with Crippen molar-refractivity contribution in [2.45, 2.75) is 12.0 Å². The average molecular weight is 480 g/mol. The topological polar surface area (TPSA) is 52.7 Å². The maximum absolute atomic E-state index is 13.6. The van der Waals surface area contributed by atoms with Crippen LogP contribution in [-0.2, 0) is 16.8 Å². The van der Waals surface area contributed by atoms with Gasteiger partial charge >= 0.3 is 0 Å². The predicted octanol–water partition coefficient (Wildman–Crippen LogP) is 4.84. The van der Waals surface area contributed by atoms with Crippen LogP contribution in [0.1, 0.15) is 21.5 Å². The van der Waals surface area contributed by atoms with E-state index in [1.54, 1.807) is 6.07 Å². The van der Waals surface area contributed by atoms with E-state index < -0.39 is 5.54 Å². The molecule has 1 saturated heterocycles. The minimum atomic E-state index is -0.896. The summed E-state index contributed by atoms with van der Waals surface area (Å²) in [5, 5.41) is 4.25. The van der Waals surface area contributed by atoms with Gasteiger partial charge in [-0.25, -0.2) is 0 Å². The molecule has 2 aliphatic rings. The number of amides is 2. The number of fused-ring (bicyclic) bond motifs is 1. The van der Waals surface area contributed by atoms with Crippen LogP contribution in [0.5, 0.6) is 0 Å². The summed E-state index contributed by atoms with van der Waals surface area (Å²) in [4.78, 5) is 30.6. The number of nitrogens with zero attached hydrogens (tertiary/aromatic N) is 2. The maximum Gasteiger partial charge on any atom is 0.253 e. The van der Waals surface area contributed by atoms with Gasteiger partial charge < -0.3 is 10.2 Å². The van der Waals surface area contributed by atoms with E-state index in [1.165, 1.54) is 0 Å². The van der Waals surface area contributed by atoms with Gasteiger partial charge in [0.25, 0.3) is 5.91 Å². The Hall–Kier alpha value is -2.86. The number of anilines is 1. The summed E-state index contributed by atoms with van der Waals surface area (Å²) in [5.74, 6) is -0.0650. The summed E-state index contributed by atoms with van der Waals surface area (Å²) in [6, 6.07) is 22.5. The molecule has 1 atom stereocenters. The largest absolute Gasteiger partial charge is 0.336 e. The van der Waals surface area contributed by atoms with Gasteiger partial charge in [-0.1, -0.05) is 59.6 Å². The molecule has 1 unspecified atom stereocenters. The monoisotopic (exact) mass is 479 g/mol. The second-order valence-corrected chi connectivity index (χ2v) is 9.33. The molecule has 0 aliphatic carbocycles. The Morgan fingerprint density at radius 2 is 1.61 bits per heavy atom. The molecule has 3 aromatic carbocycles. The molecule has 0 aromatic heterocycles. The summed E-state index contributed by atoms with van der Waals surface area (Å²) in [5.41, 5.74) is 2.39. The SMILES string of the molecule is O=C(c1ccccc1)N1CCN(C2(Cc3cccc(Cl)c3)C(=O)Nc3cc(Cl)ccc32)CC1. The van der Waals surface area contributed by atoms with Crippen molar-refractivity contribution in [1.29, 1.82) is 0 Å². The van der Waals surface area contributed by atoms with Crippen LogP contribution in [0.3, 0.4) is 0 Å². The molecular formula is C26H23Cl2N3O2. The summed E-state index contributed by atoms with van der Waals surface area (Å²) in [6.45, 7) is 2.24. The molecule has 1 fully saturated rings. The molecule has 5 nitrogen and oxygen atoms in total. The zero-order chi connectivity index (χ0) is 23.0. The number of piperazine rings is 1. The number of carbonyl (C=O) groups is 2. The number of halogens is 2. The first kappa shape index (κ1) is 22.0. The molecule has 5 rings (SSSR count). The third-order valence-electron chi connectivity index (χ3n) is 6.53. The standard InChI is InChI=1S/C26H23Cl2N3O2/c27-20-8-4-5-18(15-20)17-26(22-10-9-21(28)16-23(22)29-25(26)33)31-13-11-30(12-14-31)24(32)19-6-2-1-3-7-19/h1-10,15-16H,11-14,17H2,(H,29,33). The first-order valence-corrected chi connectivity index (χ1v) is 11.7. The minimum Gasteiger partial charge on any atom is -0.336 e. The van der Waals surface area contributed by atoms with Crippen molar-refractivity contribution in [2.75, 3.05) is 31.5 Å². The van der Waals surface area contributed by atoms with Crippen molar-refractivity contribution in [3.8, 4) is 0 Å². The van der Waals surface area contributed by atoms with Crippen LogP contribution in [0.25, 0.3) is 0 Å². The lowest BCUT2D eigenvalue weighted by atomic mass is 9.82. The van der Waals surface area contributed by atoms with Gasteiger partial charge in [0.2, 0.25) is 5.91 Å². The van der Waals surface area contributed by atoms with Crippen molar-refractivity contribution in [1.82, 2.24) is 9.80 Å². The summed E-state index contributed by atoms with van der Waals surface area (Å²) >= 11 is 12.5. The van der Waals surface area contributed by atoms with E-state index in [9.17, 15) is 9.59 Å². The van der Waals surface area contributed by atoms with E-state index in [4.69, 9.17) is 23.2 Å². The fraction of sp³-hybridized carbons (Fsp3) is 0.231. The fourth-order valence-corrected chi connectivity index (χ4v) is 5.31. The fourth-order valence-electron chi connectivity index (χ4n) is 4.93. The third kappa shape index (κ3) is 4.01. The molecule has 2 aliphatic heterocycles. The van der Waals surface area contributed by atoms with Crippen LogP contribution >= 0.6 is 23.2 Å². The number of hydrogen-bond acceptors (Lipinski definition) is 3. The number of carbonyl (C=O) groups excluding carboxylic acids is 2. The van der Waals surface area contributed by atoms with Crippen molar-refractivity contribution in [2.24, 2.45) is 0 Å². The molecule has 0 radical (unpaired) electrons. The molecule has 33 heavy (non-hydrogen) atoms. The van der Waals surface area contributed by atoms with Crippen LogP contribution in [0, 0.1) is 0 Å². The Kier molecular flexibility index (Phi) is 5.87. The second kappa shape index (κ2) is 8.82. The third-order valence-corrected chi connectivity index (χ3v) is 7.00. The van der Waals surface area contributed by atoms with Crippen molar-refractivity contribution in [3.05, 3.63) is 99.5 Å². The smallest absolute Gasteiger partial charge is 0.253 e. The molecule has 2 heterocycles. The highest BCUT2D eigenvalue weighted by molar-refractivity contribution is 6.31. The Morgan fingerprint density at radius 1 is 0.879 bits per heavy atom. The van der Waals surface area contributed by atoms with Crippen LogP contribution < -0.4 is 5.32 Å². The Morgan fingerprint density at radius 3 is 2.33 bits per heavy atom. The Labute approximate surface area is 202 Å². The molecule has 168 valence electrons. The summed E-state index contributed by atoms with van der Waals surface area (Å²) < 4.78 is 0. The molecule has 0 spiro atoms. The summed E-state index contributed by atoms with van der Waals surface area (Å²) in [6.07, 6.45) is 0.473. The van der Waals surface area contributed by atoms with Crippen LogP contribution in [0.2, 0.25) is 10.0 Å². The van der Waals surface area contributed by atoms with E-state index in [0.717, 1.165) is 16.8 Å². The molecule has 7 heteroatoms. The van der Waals surface area contributed by atoms with Crippen molar-refractivity contribution >= 4 is 40.7 Å². The minimum absolute atomic E-state index is 0.0159. The molecule has 0 saturated carbocycles. The second-order valence-electron chi connectivity index (χ2n) is 8.46. The quantitative estimate of drug-likeness (QED) is 0.582. The average Bonchev–Trinajstić information content (AvgIpc) is 3.10. The predicted molar refractivity (Wildman–Crippen MR) is 131 cm³/mol. The molecule has 1 N–H and O–H groups in total. The number of benzene rings is 3. The molecule has 0 bridgehead atoms. The van der Waals surface area contributed by atoms with Crippen LogP contribution in [0.4, 0.5) is 5.69 Å². The number of rotatable bonds is 4. The highest BCUT2D eigenvalue weighted by Gasteiger charge is 2.52. The Balaban J connectivity index is 1.47. The summed E-state index contributed by atoms with van der Waals surface area (Å²) in [7, 11) is 0. The normalized spacial score (nSPS) is 20.4. The van der Waals surface area contributed by atoms with E-state index in [-0.39, 0.29) is 11.8 Å². The lowest BCUT2D eigenvalue weighted by molar-refractivity contribution is -0.129. The lowest BCUT2D eigenvalue weighted by Gasteiger charge is -2.44. The molecule has 2 amide bonds. The highest BCUT2D eigenvalue weighted by atomic mass is 35.5. The van der Waals surface area contributed by atoms with Crippen LogP contribution in [0.15, 0.2) is 72.8 Å². The van der Waals surface area contributed by atoms with Gasteiger partial charge in [-0.2, -0.15) is 0 Å². The first-order chi connectivity index (χ1) is 16.0. The van der Waals surface area contributed by atoms with Gasteiger partial charge in [0.15, 0.2) is 0 Å². The zero-order valence-corrected chi connectivity index (χ0v) is 19.4. The van der Waals surface area contributed by atoms with Crippen LogP contribution in [-0.4, -0.2) is 47.8 Å².